The third-order valence-corrected chi connectivity index (χ3v) is 4.88. The van der Waals surface area contributed by atoms with Crippen LogP contribution in [0.1, 0.15) is 12.5 Å². The van der Waals surface area contributed by atoms with Crippen molar-refractivity contribution < 1.29 is 9.53 Å². The second kappa shape index (κ2) is 8.53. The van der Waals surface area contributed by atoms with Crippen LogP contribution in [0.15, 0.2) is 66.1 Å². The number of hydrogen-bond donors (Lipinski definition) is 1. The molecule has 3 rings (SSSR count). The highest BCUT2D eigenvalue weighted by molar-refractivity contribution is 8.00. The first-order chi connectivity index (χ1) is 12.7. The predicted molar refractivity (Wildman–Crippen MR) is 102 cm³/mol. The van der Waals surface area contributed by atoms with Crippen LogP contribution < -0.4 is 10.1 Å². The number of amides is 1. The number of ether oxygens (including phenoxy) is 1. The van der Waals surface area contributed by atoms with Gasteiger partial charge in [0.25, 0.3) is 0 Å². The van der Waals surface area contributed by atoms with Crippen LogP contribution in [0.5, 0.6) is 5.75 Å². The van der Waals surface area contributed by atoms with Crippen LogP contribution in [0.3, 0.4) is 0 Å². The Morgan fingerprint density at radius 3 is 2.62 bits per heavy atom. The number of hydrogen-bond acceptors (Lipinski definition) is 5. The highest BCUT2D eigenvalue weighted by atomic mass is 32.2. The monoisotopic (exact) mass is 368 g/mol. The third-order valence-electron chi connectivity index (χ3n) is 3.83. The Labute approximate surface area is 156 Å². The molecular formula is C19H20N4O2S. The maximum atomic E-state index is 12.4. The van der Waals surface area contributed by atoms with Crippen molar-refractivity contribution in [1.82, 2.24) is 20.1 Å². The smallest absolute Gasteiger partial charge is 0.233 e. The van der Waals surface area contributed by atoms with Crippen LogP contribution >= 0.6 is 11.8 Å². The van der Waals surface area contributed by atoms with Crippen molar-refractivity contribution in [3.8, 4) is 11.4 Å². The van der Waals surface area contributed by atoms with E-state index in [0.29, 0.717) is 11.7 Å². The van der Waals surface area contributed by atoms with Gasteiger partial charge in [0.15, 0.2) is 5.16 Å². The van der Waals surface area contributed by atoms with Gasteiger partial charge in [-0.15, -0.1) is 10.2 Å². The molecule has 0 aliphatic carbocycles. The third kappa shape index (κ3) is 4.43. The van der Waals surface area contributed by atoms with Gasteiger partial charge in [0, 0.05) is 12.2 Å². The van der Waals surface area contributed by atoms with E-state index in [4.69, 9.17) is 4.74 Å². The van der Waals surface area contributed by atoms with E-state index in [1.54, 1.807) is 13.4 Å². The molecule has 1 unspecified atom stereocenters. The lowest BCUT2D eigenvalue weighted by molar-refractivity contribution is -0.120. The van der Waals surface area contributed by atoms with E-state index >= 15 is 0 Å². The first-order valence-electron chi connectivity index (χ1n) is 8.20. The zero-order valence-corrected chi connectivity index (χ0v) is 15.4. The van der Waals surface area contributed by atoms with E-state index in [9.17, 15) is 4.79 Å². The summed E-state index contributed by atoms with van der Waals surface area (Å²) in [6, 6.07) is 17.4. The second-order valence-corrected chi connectivity index (χ2v) is 6.95. The van der Waals surface area contributed by atoms with Gasteiger partial charge in [-0.1, -0.05) is 42.1 Å². The predicted octanol–water partition coefficient (Wildman–Crippen LogP) is 3.07. The Morgan fingerprint density at radius 2 is 1.92 bits per heavy atom. The van der Waals surface area contributed by atoms with Gasteiger partial charge >= 0.3 is 0 Å². The molecule has 26 heavy (non-hydrogen) atoms. The molecule has 1 N–H and O–H groups in total. The van der Waals surface area contributed by atoms with Gasteiger partial charge in [0.05, 0.1) is 12.4 Å². The van der Waals surface area contributed by atoms with Crippen molar-refractivity contribution in [2.24, 2.45) is 0 Å². The Morgan fingerprint density at radius 1 is 1.19 bits per heavy atom. The summed E-state index contributed by atoms with van der Waals surface area (Å²) >= 11 is 1.38. The minimum absolute atomic E-state index is 0.0478. The van der Waals surface area contributed by atoms with Gasteiger partial charge in [-0.2, -0.15) is 0 Å². The summed E-state index contributed by atoms with van der Waals surface area (Å²) < 4.78 is 7.01. The number of carbonyl (C=O) groups is 1. The van der Waals surface area contributed by atoms with Gasteiger partial charge < -0.3 is 10.1 Å². The minimum atomic E-state index is -0.292. The fourth-order valence-electron chi connectivity index (χ4n) is 2.36. The first-order valence-corrected chi connectivity index (χ1v) is 9.08. The van der Waals surface area contributed by atoms with Crippen molar-refractivity contribution in [2.75, 3.05) is 7.11 Å². The van der Waals surface area contributed by atoms with Gasteiger partial charge in [-0.05, 0) is 36.8 Å². The maximum Gasteiger partial charge on any atom is 0.233 e. The number of carbonyl (C=O) groups excluding carboxylic acids is 1. The van der Waals surface area contributed by atoms with E-state index < -0.39 is 0 Å². The van der Waals surface area contributed by atoms with Crippen LogP contribution in [0.4, 0.5) is 0 Å². The van der Waals surface area contributed by atoms with Crippen molar-refractivity contribution >= 4 is 17.7 Å². The lowest BCUT2D eigenvalue weighted by atomic mass is 10.2. The highest BCUT2D eigenvalue weighted by Crippen LogP contribution is 2.23. The molecule has 0 radical (unpaired) electrons. The molecule has 0 spiro atoms. The average molecular weight is 368 g/mol. The molecule has 1 heterocycles. The van der Waals surface area contributed by atoms with Crippen LogP contribution in [-0.2, 0) is 11.3 Å². The molecule has 7 heteroatoms. The Hall–Kier alpha value is -2.80. The summed E-state index contributed by atoms with van der Waals surface area (Å²) in [4.78, 5) is 12.4. The largest absolute Gasteiger partial charge is 0.497 e. The van der Waals surface area contributed by atoms with Crippen LogP contribution in [0.2, 0.25) is 0 Å². The van der Waals surface area contributed by atoms with Gasteiger partial charge in [0.1, 0.15) is 12.1 Å². The van der Waals surface area contributed by atoms with Crippen molar-refractivity contribution in [3.63, 3.8) is 0 Å². The Bertz CT molecular complexity index is 849. The number of aromatic nitrogens is 3. The van der Waals surface area contributed by atoms with Crippen molar-refractivity contribution in [2.45, 2.75) is 23.9 Å². The summed E-state index contributed by atoms with van der Waals surface area (Å²) in [5.74, 6) is 0.748. The molecule has 6 nitrogen and oxygen atoms in total. The van der Waals surface area contributed by atoms with E-state index in [1.165, 1.54) is 11.8 Å². The van der Waals surface area contributed by atoms with Gasteiger partial charge in [0.2, 0.25) is 5.91 Å². The van der Waals surface area contributed by atoms with Crippen LogP contribution in [-0.4, -0.2) is 33.0 Å². The fraction of sp³-hybridized carbons (Fsp3) is 0.211. The molecule has 0 saturated heterocycles. The average Bonchev–Trinajstić information content (AvgIpc) is 3.15. The molecule has 0 fully saturated rings. The summed E-state index contributed by atoms with van der Waals surface area (Å²) in [5.41, 5.74) is 1.98. The molecule has 0 aliphatic heterocycles. The second-order valence-electron chi connectivity index (χ2n) is 5.65. The molecule has 0 saturated carbocycles. The number of rotatable bonds is 7. The van der Waals surface area contributed by atoms with Crippen molar-refractivity contribution in [3.05, 3.63) is 66.5 Å². The molecule has 1 aromatic heterocycles. The van der Waals surface area contributed by atoms with E-state index in [-0.39, 0.29) is 11.2 Å². The van der Waals surface area contributed by atoms with Gasteiger partial charge in [-0.25, -0.2) is 0 Å². The SMILES string of the molecule is COc1ccc(CNC(=O)C(C)Sc2nncn2-c2ccccc2)cc1. The highest BCUT2D eigenvalue weighted by Gasteiger charge is 2.18. The van der Waals surface area contributed by atoms with Crippen LogP contribution in [0.25, 0.3) is 5.69 Å². The standard InChI is InChI=1S/C19H20N4O2S/c1-14(18(24)20-12-15-8-10-17(25-2)11-9-15)26-19-22-21-13-23(19)16-6-4-3-5-7-16/h3-11,13-14H,12H2,1-2H3,(H,20,24). The number of nitrogens with one attached hydrogen (secondary N) is 1. The Balaban J connectivity index is 1.59. The fourth-order valence-corrected chi connectivity index (χ4v) is 3.23. The number of nitrogens with zero attached hydrogens (tertiary/aromatic N) is 3. The maximum absolute atomic E-state index is 12.4. The molecule has 1 atom stereocenters. The topological polar surface area (TPSA) is 69.0 Å². The summed E-state index contributed by atoms with van der Waals surface area (Å²) in [5, 5.41) is 11.4. The molecule has 2 aromatic carbocycles. The minimum Gasteiger partial charge on any atom is -0.497 e. The zero-order chi connectivity index (χ0) is 18.4. The van der Waals surface area contributed by atoms with E-state index in [1.807, 2.05) is 66.1 Å². The number of methoxy groups -OCH3 is 1. The van der Waals surface area contributed by atoms with Crippen LogP contribution in [0, 0.1) is 0 Å². The quantitative estimate of drug-likeness (QED) is 0.649. The lowest BCUT2D eigenvalue weighted by Crippen LogP contribution is -2.30. The molecule has 0 bridgehead atoms. The number of benzene rings is 2. The molecular weight excluding hydrogens is 348 g/mol. The molecule has 3 aromatic rings. The van der Waals surface area contributed by atoms with E-state index in [0.717, 1.165) is 17.0 Å². The molecule has 1 amide bonds. The lowest BCUT2D eigenvalue weighted by Gasteiger charge is -2.12. The molecule has 134 valence electrons. The summed E-state index contributed by atoms with van der Waals surface area (Å²) in [7, 11) is 1.63. The first kappa shape index (κ1) is 18.0. The normalized spacial score (nSPS) is 11.8. The summed E-state index contributed by atoms with van der Waals surface area (Å²) in [6.45, 7) is 2.33. The Kier molecular flexibility index (Phi) is 5.91. The summed E-state index contributed by atoms with van der Waals surface area (Å²) in [6.07, 6.45) is 1.65. The number of thioether (sulfide) groups is 1. The zero-order valence-electron chi connectivity index (χ0n) is 14.6. The van der Waals surface area contributed by atoms with Gasteiger partial charge in [-0.3, -0.25) is 9.36 Å². The van der Waals surface area contributed by atoms with E-state index in [2.05, 4.69) is 15.5 Å². The molecule has 0 aliphatic rings. The van der Waals surface area contributed by atoms with Crippen molar-refractivity contribution in [1.29, 1.82) is 0 Å². The number of para-hydroxylation sites is 1.